The molecule has 1 aliphatic heterocycles. The van der Waals surface area contributed by atoms with Crippen LogP contribution in [0.15, 0.2) is 24.3 Å². The van der Waals surface area contributed by atoms with Crippen LogP contribution in [0.2, 0.25) is 0 Å². The van der Waals surface area contributed by atoms with Crippen molar-refractivity contribution in [2.24, 2.45) is 0 Å². The molecular formula is C18H27N4O4+. The highest BCUT2D eigenvalue weighted by atomic mass is 16.5. The molecule has 0 radical (unpaired) electrons. The molecular weight excluding hydrogens is 336 g/mol. The lowest BCUT2D eigenvalue weighted by atomic mass is 10.2. The maximum absolute atomic E-state index is 12.2. The molecule has 1 aromatic rings. The Labute approximate surface area is 153 Å². The second-order valence-corrected chi connectivity index (χ2v) is 6.29. The second-order valence-electron chi connectivity index (χ2n) is 6.29. The van der Waals surface area contributed by atoms with Crippen molar-refractivity contribution in [2.75, 3.05) is 58.3 Å². The molecule has 0 bridgehead atoms. The van der Waals surface area contributed by atoms with E-state index in [0.717, 1.165) is 4.90 Å². The first-order valence-electron chi connectivity index (χ1n) is 8.84. The number of nitrogens with one attached hydrogen (secondary N) is 3. The summed E-state index contributed by atoms with van der Waals surface area (Å²) in [7, 11) is 1.81. The van der Waals surface area contributed by atoms with Crippen LogP contribution in [0.5, 0.6) is 0 Å². The van der Waals surface area contributed by atoms with Gasteiger partial charge in [-0.3, -0.25) is 14.4 Å². The van der Waals surface area contributed by atoms with Crippen LogP contribution in [0.25, 0.3) is 0 Å². The Balaban J connectivity index is 1.83. The maximum Gasteiger partial charge on any atom is 0.279 e. The smallest absolute Gasteiger partial charge is 0.279 e. The first kappa shape index (κ1) is 19.9. The minimum Gasteiger partial charge on any atom is -0.378 e. The third-order valence-corrected chi connectivity index (χ3v) is 4.02. The minimum atomic E-state index is -0.203. The van der Waals surface area contributed by atoms with Crippen LogP contribution in [-0.2, 0) is 14.3 Å². The SMILES string of the molecule is CCNC(=O)c1cccc(NC(=O)C[NH+](C)CC(=O)N2CCOCC2)c1. The Morgan fingerprint density at radius 1 is 1.19 bits per heavy atom. The zero-order chi connectivity index (χ0) is 18.9. The van der Waals surface area contributed by atoms with Crippen molar-refractivity contribution >= 4 is 23.4 Å². The van der Waals surface area contributed by atoms with E-state index in [4.69, 9.17) is 4.74 Å². The Kier molecular flexibility index (Phi) is 7.55. The summed E-state index contributed by atoms with van der Waals surface area (Å²) < 4.78 is 5.23. The average Bonchev–Trinajstić information content (AvgIpc) is 2.62. The first-order valence-corrected chi connectivity index (χ1v) is 8.84. The van der Waals surface area contributed by atoms with E-state index in [1.807, 2.05) is 14.0 Å². The summed E-state index contributed by atoms with van der Waals surface area (Å²) in [5.41, 5.74) is 1.05. The Morgan fingerprint density at radius 2 is 1.92 bits per heavy atom. The highest BCUT2D eigenvalue weighted by molar-refractivity contribution is 5.97. The van der Waals surface area contributed by atoms with Crippen molar-refractivity contribution < 1.29 is 24.0 Å². The number of carbonyl (C=O) groups excluding carboxylic acids is 3. The number of benzene rings is 1. The van der Waals surface area contributed by atoms with Gasteiger partial charge in [-0.2, -0.15) is 0 Å². The summed E-state index contributed by atoms with van der Waals surface area (Å²) in [5.74, 6) is -0.357. The highest BCUT2D eigenvalue weighted by Gasteiger charge is 2.21. The first-order chi connectivity index (χ1) is 12.5. The number of hydrogen-bond donors (Lipinski definition) is 3. The molecule has 8 heteroatoms. The highest BCUT2D eigenvalue weighted by Crippen LogP contribution is 2.10. The fourth-order valence-electron chi connectivity index (χ4n) is 2.73. The van der Waals surface area contributed by atoms with Gasteiger partial charge in [0.25, 0.3) is 17.7 Å². The predicted octanol–water partition coefficient (Wildman–Crippen LogP) is -1.25. The normalized spacial score (nSPS) is 15.2. The van der Waals surface area contributed by atoms with Crippen LogP contribution in [0.3, 0.4) is 0 Å². The number of hydrogen-bond acceptors (Lipinski definition) is 4. The number of carbonyl (C=O) groups is 3. The van der Waals surface area contributed by atoms with E-state index >= 15 is 0 Å². The van der Waals surface area contributed by atoms with Crippen molar-refractivity contribution in [2.45, 2.75) is 6.92 Å². The van der Waals surface area contributed by atoms with Gasteiger partial charge in [-0.25, -0.2) is 0 Å². The van der Waals surface area contributed by atoms with Gasteiger partial charge in [0.1, 0.15) is 0 Å². The van der Waals surface area contributed by atoms with Crippen molar-refractivity contribution in [3.05, 3.63) is 29.8 Å². The van der Waals surface area contributed by atoms with E-state index in [2.05, 4.69) is 10.6 Å². The molecule has 26 heavy (non-hydrogen) atoms. The summed E-state index contributed by atoms with van der Waals surface area (Å²) in [5, 5.41) is 5.50. The van der Waals surface area contributed by atoms with Crippen LogP contribution in [0, 0.1) is 0 Å². The summed E-state index contributed by atoms with van der Waals surface area (Å²) in [6.45, 7) is 5.14. The lowest BCUT2D eigenvalue weighted by Crippen LogP contribution is -3.11. The zero-order valence-corrected chi connectivity index (χ0v) is 15.3. The quantitative estimate of drug-likeness (QED) is 0.564. The van der Waals surface area contributed by atoms with Crippen molar-refractivity contribution in [1.29, 1.82) is 0 Å². The number of quaternary nitrogens is 1. The molecule has 2 rings (SSSR count). The minimum absolute atomic E-state index is 0.0248. The largest absolute Gasteiger partial charge is 0.378 e. The summed E-state index contributed by atoms with van der Waals surface area (Å²) in [6.07, 6.45) is 0. The topological polar surface area (TPSA) is 92.2 Å². The summed E-state index contributed by atoms with van der Waals surface area (Å²) in [4.78, 5) is 38.8. The number of likely N-dealkylation sites (N-methyl/N-ethyl adjacent to an activating group) is 1. The molecule has 3 N–H and O–H groups in total. The molecule has 3 amide bonds. The third kappa shape index (κ3) is 6.12. The van der Waals surface area contributed by atoms with Gasteiger partial charge in [-0.1, -0.05) is 6.07 Å². The van der Waals surface area contributed by atoms with Crippen molar-refractivity contribution in [3.63, 3.8) is 0 Å². The lowest BCUT2D eigenvalue weighted by Gasteiger charge is -2.27. The lowest BCUT2D eigenvalue weighted by molar-refractivity contribution is -0.862. The van der Waals surface area contributed by atoms with Gasteiger partial charge in [-0.05, 0) is 25.1 Å². The third-order valence-electron chi connectivity index (χ3n) is 4.02. The van der Waals surface area contributed by atoms with Crippen LogP contribution in [0.4, 0.5) is 5.69 Å². The fraction of sp³-hybridized carbons (Fsp3) is 0.500. The van der Waals surface area contributed by atoms with Crippen molar-refractivity contribution in [1.82, 2.24) is 10.2 Å². The van der Waals surface area contributed by atoms with Gasteiger partial charge >= 0.3 is 0 Å². The Hall–Kier alpha value is -2.45. The van der Waals surface area contributed by atoms with E-state index < -0.39 is 0 Å². The molecule has 1 fully saturated rings. The van der Waals surface area contributed by atoms with E-state index in [1.54, 1.807) is 29.2 Å². The second kappa shape index (κ2) is 9.88. The van der Waals surface area contributed by atoms with E-state index in [9.17, 15) is 14.4 Å². The van der Waals surface area contributed by atoms with Crippen molar-refractivity contribution in [3.8, 4) is 0 Å². The molecule has 0 aromatic heterocycles. The molecule has 1 heterocycles. The monoisotopic (exact) mass is 363 g/mol. The average molecular weight is 363 g/mol. The van der Waals surface area contributed by atoms with Crippen LogP contribution >= 0.6 is 0 Å². The number of nitrogens with zero attached hydrogens (tertiary/aromatic N) is 1. The molecule has 1 atom stereocenters. The zero-order valence-electron chi connectivity index (χ0n) is 15.3. The molecule has 8 nitrogen and oxygen atoms in total. The molecule has 0 aliphatic carbocycles. The summed E-state index contributed by atoms with van der Waals surface area (Å²) in [6, 6.07) is 6.78. The van der Waals surface area contributed by atoms with E-state index in [1.165, 1.54) is 0 Å². The molecule has 1 aromatic carbocycles. The molecule has 0 spiro atoms. The molecule has 1 unspecified atom stereocenters. The standard InChI is InChI=1S/C18H26N4O4/c1-3-19-18(25)14-5-4-6-15(11-14)20-16(23)12-21(2)13-17(24)22-7-9-26-10-8-22/h4-6,11H,3,7-10,12-13H2,1-2H3,(H,19,25)(H,20,23)/p+1. The van der Waals surface area contributed by atoms with E-state index in [-0.39, 0.29) is 30.8 Å². The predicted molar refractivity (Wildman–Crippen MR) is 97.1 cm³/mol. The van der Waals surface area contributed by atoms with Gasteiger partial charge in [0.15, 0.2) is 13.1 Å². The maximum atomic E-state index is 12.2. The van der Waals surface area contributed by atoms with Gasteiger partial charge < -0.3 is 25.2 Å². The van der Waals surface area contributed by atoms with Gasteiger partial charge in [-0.15, -0.1) is 0 Å². The number of morpholine rings is 1. The Morgan fingerprint density at radius 3 is 2.62 bits per heavy atom. The molecule has 0 saturated carbocycles. The van der Waals surface area contributed by atoms with Crippen LogP contribution < -0.4 is 15.5 Å². The van der Waals surface area contributed by atoms with Crippen LogP contribution in [-0.4, -0.2) is 75.6 Å². The Bertz CT molecular complexity index is 644. The van der Waals surface area contributed by atoms with Gasteiger partial charge in [0.2, 0.25) is 0 Å². The number of ether oxygens (including phenoxy) is 1. The fourth-order valence-corrected chi connectivity index (χ4v) is 2.73. The van der Waals surface area contributed by atoms with Gasteiger partial charge in [0, 0.05) is 30.9 Å². The van der Waals surface area contributed by atoms with Crippen LogP contribution in [0.1, 0.15) is 17.3 Å². The summed E-state index contributed by atoms with van der Waals surface area (Å²) >= 11 is 0. The number of amides is 3. The number of anilines is 1. The number of rotatable bonds is 7. The molecule has 1 aliphatic rings. The van der Waals surface area contributed by atoms with E-state index in [0.29, 0.717) is 44.1 Å². The molecule has 142 valence electrons. The molecule has 1 saturated heterocycles. The van der Waals surface area contributed by atoms with Gasteiger partial charge in [0.05, 0.1) is 20.3 Å².